The van der Waals surface area contributed by atoms with Crippen LogP contribution in [0.15, 0.2) is 12.4 Å². The number of nitrogens with two attached hydrogens (primary N) is 1. The Kier molecular flexibility index (Phi) is 2.56. The first-order chi connectivity index (χ1) is 6.74. The zero-order chi connectivity index (χ0) is 10.1. The second-order valence-electron chi connectivity index (χ2n) is 4.06. The summed E-state index contributed by atoms with van der Waals surface area (Å²) in [5.41, 5.74) is 5.56. The molecule has 1 aromatic heterocycles. The van der Waals surface area contributed by atoms with Gasteiger partial charge in [-0.2, -0.15) is 0 Å². The smallest absolute Gasteiger partial charge is 0.126 e. The number of aromatic nitrogens is 2. The minimum Gasteiger partial charge on any atom is -0.331 e. The Morgan fingerprint density at radius 2 is 2.50 bits per heavy atom. The van der Waals surface area contributed by atoms with E-state index in [0.717, 1.165) is 13.0 Å². The maximum Gasteiger partial charge on any atom is 0.126 e. The molecule has 0 amide bonds. The second kappa shape index (κ2) is 3.71. The van der Waals surface area contributed by atoms with Crippen molar-refractivity contribution < 1.29 is 0 Å². The van der Waals surface area contributed by atoms with Gasteiger partial charge in [0.15, 0.2) is 0 Å². The SMILES string of the molecule is CC1CC(N(C)CCN)c2nccn21. The van der Waals surface area contributed by atoms with Crippen molar-refractivity contribution in [1.29, 1.82) is 0 Å². The van der Waals surface area contributed by atoms with Crippen LogP contribution in [0.4, 0.5) is 0 Å². The normalized spacial score (nSPS) is 25.7. The summed E-state index contributed by atoms with van der Waals surface area (Å²) in [6, 6.07) is 1.02. The van der Waals surface area contributed by atoms with Crippen LogP contribution in [0, 0.1) is 0 Å². The minimum absolute atomic E-state index is 0.448. The van der Waals surface area contributed by atoms with Gasteiger partial charge in [-0.25, -0.2) is 4.98 Å². The van der Waals surface area contributed by atoms with Crippen LogP contribution in [0.1, 0.15) is 31.3 Å². The second-order valence-corrected chi connectivity index (χ2v) is 4.06. The molecule has 0 aliphatic carbocycles. The standard InChI is InChI=1S/C10H18N4/c1-8-7-9(13(2)5-3-11)10-12-4-6-14(8)10/h4,6,8-9H,3,5,7,11H2,1-2H3. The molecule has 0 aromatic carbocycles. The topological polar surface area (TPSA) is 47.1 Å². The molecular formula is C10H18N4. The van der Waals surface area contributed by atoms with Gasteiger partial charge in [-0.1, -0.05) is 0 Å². The van der Waals surface area contributed by atoms with Crippen LogP contribution >= 0.6 is 0 Å². The summed E-state index contributed by atoms with van der Waals surface area (Å²) < 4.78 is 2.26. The lowest BCUT2D eigenvalue weighted by atomic mass is 10.1. The van der Waals surface area contributed by atoms with E-state index in [1.165, 1.54) is 5.82 Å². The minimum atomic E-state index is 0.448. The maximum atomic E-state index is 5.56. The monoisotopic (exact) mass is 194 g/mol. The van der Waals surface area contributed by atoms with Gasteiger partial charge in [0.2, 0.25) is 0 Å². The highest BCUT2D eigenvalue weighted by Gasteiger charge is 2.31. The first kappa shape index (κ1) is 9.68. The highest BCUT2D eigenvalue weighted by Crippen LogP contribution is 2.35. The summed E-state index contributed by atoms with van der Waals surface area (Å²) in [7, 11) is 2.12. The van der Waals surface area contributed by atoms with Crippen molar-refractivity contribution in [3.8, 4) is 0 Å². The van der Waals surface area contributed by atoms with Crippen molar-refractivity contribution in [1.82, 2.24) is 14.5 Å². The zero-order valence-corrected chi connectivity index (χ0v) is 8.85. The van der Waals surface area contributed by atoms with E-state index < -0.39 is 0 Å². The van der Waals surface area contributed by atoms with Crippen LogP contribution in [-0.2, 0) is 0 Å². The molecular weight excluding hydrogens is 176 g/mol. The summed E-state index contributed by atoms with van der Waals surface area (Å²) in [5.74, 6) is 1.19. The van der Waals surface area contributed by atoms with Crippen molar-refractivity contribution in [2.24, 2.45) is 5.73 Å². The fraction of sp³-hybridized carbons (Fsp3) is 0.700. The van der Waals surface area contributed by atoms with Gasteiger partial charge in [0, 0.05) is 31.5 Å². The quantitative estimate of drug-likeness (QED) is 0.773. The summed E-state index contributed by atoms with van der Waals surface area (Å²) in [5, 5.41) is 0. The van der Waals surface area contributed by atoms with E-state index in [0.29, 0.717) is 18.6 Å². The van der Waals surface area contributed by atoms with Crippen molar-refractivity contribution in [2.75, 3.05) is 20.1 Å². The summed E-state index contributed by atoms with van der Waals surface area (Å²) in [6.45, 7) is 3.88. The van der Waals surface area contributed by atoms with Crippen molar-refractivity contribution in [3.63, 3.8) is 0 Å². The molecule has 0 fully saturated rings. The molecule has 0 saturated heterocycles. The van der Waals surface area contributed by atoms with Crippen molar-refractivity contribution in [2.45, 2.75) is 25.4 Å². The molecule has 1 aliphatic rings. The molecule has 0 bridgehead atoms. The van der Waals surface area contributed by atoms with Gasteiger partial charge in [0.1, 0.15) is 5.82 Å². The van der Waals surface area contributed by atoms with Crippen LogP contribution in [-0.4, -0.2) is 34.6 Å². The number of imidazole rings is 1. The largest absolute Gasteiger partial charge is 0.331 e. The van der Waals surface area contributed by atoms with Crippen LogP contribution < -0.4 is 5.73 Å². The van der Waals surface area contributed by atoms with E-state index in [-0.39, 0.29) is 0 Å². The van der Waals surface area contributed by atoms with Gasteiger partial charge < -0.3 is 10.3 Å². The molecule has 2 heterocycles. The van der Waals surface area contributed by atoms with E-state index in [1.54, 1.807) is 0 Å². The Morgan fingerprint density at radius 3 is 3.21 bits per heavy atom. The molecule has 14 heavy (non-hydrogen) atoms. The van der Waals surface area contributed by atoms with Crippen molar-refractivity contribution >= 4 is 0 Å². The number of nitrogens with zero attached hydrogens (tertiary/aromatic N) is 3. The predicted molar refractivity (Wildman–Crippen MR) is 56.0 cm³/mol. The Hall–Kier alpha value is -0.870. The van der Waals surface area contributed by atoms with Crippen molar-refractivity contribution in [3.05, 3.63) is 18.2 Å². The highest BCUT2D eigenvalue weighted by atomic mass is 15.2. The zero-order valence-electron chi connectivity index (χ0n) is 8.85. The van der Waals surface area contributed by atoms with Gasteiger partial charge >= 0.3 is 0 Å². The summed E-state index contributed by atoms with van der Waals surface area (Å²) >= 11 is 0. The summed E-state index contributed by atoms with van der Waals surface area (Å²) in [6.07, 6.45) is 5.10. The Balaban J connectivity index is 2.17. The third-order valence-electron chi connectivity index (χ3n) is 3.05. The van der Waals surface area contributed by atoms with E-state index in [4.69, 9.17) is 5.73 Å². The molecule has 1 aliphatic heterocycles. The number of likely N-dealkylation sites (N-methyl/N-ethyl adjacent to an activating group) is 1. The predicted octanol–water partition coefficient (Wildman–Crippen LogP) is 0.779. The third kappa shape index (κ3) is 1.44. The van der Waals surface area contributed by atoms with Gasteiger partial charge in [0.05, 0.1) is 6.04 Å². The molecule has 4 nitrogen and oxygen atoms in total. The van der Waals surface area contributed by atoms with Gasteiger partial charge in [-0.15, -0.1) is 0 Å². The van der Waals surface area contributed by atoms with E-state index >= 15 is 0 Å². The Morgan fingerprint density at radius 1 is 1.71 bits per heavy atom. The fourth-order valence-electron chi connectivity index (χ4n) is 2.23. The Bertz CT molecular complexity index is 307. The number of hydrogen-bond acceptors (Lipinski definition) is 3. The highest BCUT2D eigenvalue weighted by molar-refractivity contribution is 5.07. The first-order valence-corrected chi connectivity index (χ1v) is 5.17. The lowest BCUT2D eigenvalue weighted by molar-refractivity contribution is 0.241. The molecule has 78 valence electrons. The van der Waals surface area contributed by atoms with Crippen LogP contribution in [0.25, 0.3) is 0 Å². The van der Waals surface area contributed by atoms with E-state index in [9.17, 15) is 0 Å². The lowest BCUT2D eigenvalue weighted by Crippen LogP contribution is -2.29. The fourth-order valence-corrected chi connectivity index (χ4v) is 2.23. The number of hydrogen-bond donors (Lipinski definition) is 1. The van der Waals surface area contributed by atoms with Crippen LogP contribution in [0.2, 0.25) is 0 Å². The molecule has 0 saturated carbocycles. The molecule has 0 spiro atoms. The van der Waals surface area contributed by atoms with Gasteiger partial charge in [0.25, 0.3) is 0 Å². The van der Waals surface area contributed by atoms with Gasteiger partial charge in [-0.3, -0.25) is 4.90 Å². The molecule has 2 atom stereocenters. The number of rotatable bonds is 3. The van der Waals surface area contributed by atoms with Crippen LogP contribution in [0.3, 0.4) is 0 Å². The molecule has 1 aromatic rings. The molecule has 2 rings (SSSR count). The third-order valence-corrected chi connectivity index (χ3v) is 3.05. The summed E-state index contributed by atoms with van der Waals surface area (Å²) in [4.78, 5) is 6.71. The lowest BCUT2D eigenvalue weighted by Gasteiger charge is -2.22. The number of fused-ring (bicyclic) bond motifs is 1. The van der Waals surface area contributed by atoms with Crippen LogP contribution in [0.5, 0.6) is 0 Å². The van der Waals surface area contributed by atoms with E-state index in [2.05, 4.69) is 34.6 Å². The Labute approximate surface area is 84.7 Å². The van der Waals surface area contributed by atoms with Gasteiger partial charge in [-0.05, 0) is 20.4 Å². The maximum absolute atomic E-state index is 5.56. The van der Waals surface area contributed by atoms with E-state index in [1.807, 2.05) is 6.20 Å². The molecule has 2 unspecified atom stereocenters. The molecule has 0 radical (unpaired) electrons. The average Bonchev–Trinajstić information content (AvgIpc) is 2.70. The molecule has 2 N–H and O–H groups in total. The molecule has 4 heteroatoms. The average molecular weight is 194 g/mol. The first-order valence-electron chi connectivity index (χ1n) is 5.17.